The topological polar surface area (TPSA) is 34.1 Å². The lowest BCUT2D eigenvalue weighted by Gasteiger charge is -2.12. The molecule has 0 saturated carbocycles. The van der Waals surface area contributed by atoms with Crippen LogP contribution in [-0.2, 0) is 6.18 Å². The van der Waals surface area contributed by atoms with E-state index in [1.54, 1.807) is 31.2 Å². The third kappa shape index (κ3) is 4.48. The van der Waals surface area contributed by atoms with Gasteiger partial charge in [-0.05, 0) is 59.8 Å². The van der Waals surface area contributed by atoms with Crippen molar-refractivity contribution >= 4 is 28.4 Å². The highest BCUT2D eigenvalue weighted by molar-refractivity contribution is 14.1. The van der Waals surface area contributed by atoms with Gasteiger partial charge in [-0.1, -0.05) is 0 Å². The van der Waals surface area contributed by atoms with Gasteiger partial charge in [-0.15, -0.1) is 0 Å². The second kappa shape index (κ2) is 6.50. The lowest BCUT2D eigenvalue weighted by Crippen LogP contribution is -2.08. The van der Waals surface area contributed by atoms with Gasteiger partial charge in [0.2, 0.25) is 5.88 Å². The van der Waals surface area contributed by atoms with E-state index in [1.165, 1.54) is 0 Å². The fraction of sp³-hybridized carbons (Fsp3) is 0.214. The molecule has 0 spiro atoms. The molecule has 0 saturated heterocycles. The minimum Gasteiger partial charge on any atom is -0.439 e. The summed E-state index contributed by atoms with van der Waals surface area (Å²) in [5.41, 5.74) is -0.797. The Morgan fingerprint density at radius 2 is 1.86 bits per heavy atom. The second-order valence-electron chi connectivity index (χ2n) is 4.16. The second-order valence-corrected chi connectivity index (χ2v) is 5.41. The van der Waals surface area contributed by atoms with Crippen molar-refractivity contribution in [3.8, 4) is 11.6 Å². The summed E-state index contributed by atoms with van der Waals surface area (Å²) in [5.74, 6) is 0.472. The number of pyridine rings is 1. The molecule has 1 aromatic heterocycles. The molecule has 2 rings (SSSR count). The van der Waals surface area contributed by atoms with E-state index < -0.39 is 11.7 Å². The zero-order valence-electron chi connectivity index (χ0n) is 11.0. The Labute approximate surface area is 133 Å². The van der Waals surface area contributed by atoms with Crippen LogP contribution in [0.3, 0.4) is 0 Å². The molecule has 112 valence electrons. The molecule has 1 heterocycles. The van der Waals surface area contributed by atoms with Crippen LogP contribution in [0.5, 0.6) is 11.6 Å². The van der Waals surface area contributed by atoms with E-state index >= 15 is 0 Å². The number of ether oxygens (including phenoxy) is 1. The summed E-state index contributed by atoms with van der Waals surface area (Å²) in [6.07, 6.45) is -4.45. The molecule has 0 unspecified atom stereocenters. The van der Waals surface area contributed by atoms with Crippen molar-refractivity contribution in [1.29, 1.82) is 0 Å². The van der Waals surface area contributed by atoms with E-state index in [0.717, 1.165) is 15.7 Å². The Morgan fingerprint density at radius 1 is 1.19 bits per heavy atom. The number of aromatic nitrogens is 1. The number of anilines is 1. The average molecular weight is 408 g/mol. The van der Waals surface area contributed by atoms with Crippen molar-refractivity contribution in [1.82, 2.24) is 4.98 Å². The quantitative estimate of drug-likeness (QED) is 0.729. The Bertz CT molecular complexity index is 615. The van der Waals surface area contributed by atoms with Crippen molar-refractivity contribution in [2.45, 2.75) is 13.1 Å². The molecule has 0 fully saturated rings. The Kier molecular flexibility index (Phi) is 4.92. The summed E-state index contributed by atoms with van der Waals surface area (Å²) in [6, 6.07) is 8.81. The van der Waals surface area contributed by atoms with Gasteiger partial charge in [0, 0.05) is 16.2 Å². The first-order chi connectivity index (χ1) is 9.88. The molecule has 0 atom stereocenters. The molecular formula is C14H12F3IN2O. The van der Waals surface area contributed by atoms with E-state index in [9.17, 15) is 13.2 Å². The largest absolute Gasteiger partial charge is 0.439 e. The minimum absolute atomic E-state index is 0.0954. The molecule has 3 nitrogen and oxygen atoms in total. The first kappa shape index (κ1) is 15.9. The van der Waals surface area contributed by atoms with Crippen molar-refractivity contribution in [2.24, 2.45) is 0 Å². The molecule has 0 aliphatic rings. The first-order valence-corrected chi connectivity index (χ1v) is 7.23. The normalized spacial score (nSPS) is 11.3. The van der Waals surface area contributed by atoms with Crippen LogP contribution in [0.2, 0.25) is 0 Å². The number of hydrogen-bond acceptors (Lipinski definition) is 3. The molecule has 2 aromatic rings. The lowest BCUT2D eigenvalue weighted by molar-refractivity contribution is -0.137. The molecule has 1 N–H and O–H groups in total. The highest BCUT2D eigenvalue weighted by Crippen LogP contribution is 2.33. The van der Waals surface area contributed by atoms with Crippen LogP contribution >= 0.6 is 22.6 Å². The Balaban J connectivity index is 2.33. The van der Waals surface area contributed by atoms with Crippen LogP contribution < -0.4 is 10.1 Å². The van der Waals surface area contributed by atoms with Crippen LogP contribution in [0.25, 0.3) is 0 Å². The Morgan fingerprint density at radius 3 is 2.43 bits per heavy atom. The van der Waals surface area contributed by atoms with Gasteiger partial charge in [0.05, 0.1) is 5.56 Å². The zero-order valence-corrected chi connectivity index (χ0v) is 13.2. The van der Waals surface area contributed by atoms with Gasteiger partial charge in [0.25, 0.3) is 0 Å². The molecular weight excluding hydrogens is 396 g/mol. The smallest absolute Gasteiger partial charge is 0.416 e. The number of rotatable bonds is 4. The highest BCUT2D eigenvalue weighted by atomic mass is 127. The predicted octanol–water partition coefficient (Wildman–Crippen LogP) is 4.93. The van der Waals surface area contributed by atoms with E-state index in [1.807, 2.05) is 0 Å². The standard InChI is InChI=1S/C14H12F3IN2O/c1-2-19-12-7-9(14(15,16)17)8-13(20-12)21-11-5-3-10(18)4-6-11/h3-8H,2H2,1H3,(H,19,20). The fourth-order valence-corrected chi connectivity index (χ4v) is 1.98. The molecule has 1 aromatic carbocycles. The maximum Gasteiger partial charge on any atom is 0.416 e. The van der Waals surface area contributed by atoms with E-state index in [-0.39, 0.29) is 11.7 Å². The number of halogens is 4. The summed E-state index contributed by atoms with van der Waals surface area (Å²) < 4.78 is 45.0. The number of alkyl halides is 3. The van der Waals surface area contributed by atoms with Gasteiger partial charge < -0.3 is 10.1 Å². The van der Waals surface area contributed by atoms with E-state index in [2.05, 4.69) is 32.9 Å². The zero-order chi connectivity index (χ0) is 15.5. The maximum absolute atomic E-state index is 12.9. The van der Waals surface area contributed by atoms with E-state index in [4.69, 9.17) is 4.74 Å². The van der Waals surface area contributed by atoms with Crippen LogP contribution in [0.15, 0.2) is 36.4 Å². The Hall–Kier alpha value is -1.51. The van der Waals surface area contributed by atoms with Crippen molar-refractivity contribution in [3.63, 3.8) is 0 Å². The predicted molar refractivity (Wildman–Crippen MR) is 82.6 cm³/mol. The third-order valence-electron chi connectivity index (χ3n) is 2.52. The van der Waals surface area contributed by atoms with Gasteiger partial charge in [-0.25, -0.2) is 0 Å². The first-order valence-electron chi connectivity index (χ1n) is 6.15. The monoisotopic (exact) mass is 408 g/mol. The fourth-order valence-electron chi connectivity index (χ4n) is 1.62. The summed E-state index contributed by atoms with van der Waals surface area (Å²) in [5, 5.41) is 2.76. The van der Waals surface area contributed by atoms with Crippen LogP contribution in [0, 0.1) is 3.57 Å². The highest BCUT2D eigenvalue weighted by Gasteiger charge is 2.32. The van der Waals surface area contributed by atoms with Gasteiger partial charge in [0.15, 0.2) is 0 Å². The van der Waals surface area contributed by atoms with Crippen LogP contribution in [0.4, 0.5) is 19.0 Å². The van der Waals surface area contributed by atoms with Crippen molar-refractivity contribution in [2.75, 3.05) is 11.9 Å². The van der Waals surface area contributed by atoms with Crippen molar-refractivity contribution < 1.29 is 17.9 Å². The number of nitrogens with one attached hydrogen (secondary N) is 1. The summed E-state index contributed by atoms with van der Waals surface area (Å²) in [6.45, 7) is 2.25. The molecule has 0 aliphatic carbocycles. The molecule has 0 amide bonds. The summed E-state index contributed by atoms with van der Waals surface area (Å²) in [4.78, 5) is 4.02. The number of benzene rings is 1. The van der Waals surface area contributed by atoms with Crippen LogP contribution in [-0.4, -0.2) is 11.5 Å². The number of hydrogen-bond donors (Lipinski definition) is 1. The van der Waals surface area contributed by atoms with Crippen molar-refractivity contribution in [3.05, 3.63) is 45.5 Å². The summed E-state index contributed by atoms with van der Waals surface area (Å²) in [7, 11) is 0. The molecule has 0 aliphatic heterocycles. The SMILES string of the molecule is CCNc1cc(C(F)(F)F)cc(Oc2ccc(I)cc2)n1. The maximum atomic E-state index is 12.9. The lowest BCUT2D eigenvalue weighted by atomic mass is 10.2. The van der Waals surface area contributed by atoms with Gasteiger partial charge in [-0.2, -0.15) is 18.2 Å². The average Bonchev–Trinajstić information content (AvgIpc) is 2.41. The summed E-state index contributed by atoms with van der Waals surface area (Å²) >= 11 is 2.13. The molecule has 7 heteroatoms. The van der Waals surface area contributed by atoms with E-state index in [0.29, 0.717) is 12.3 Å². The third-order valence-corrected chi connectivity index (χ3v) is 3.24. The van der Waals surface area contributed by atoms with Gasteiger partial charge in [0.1, 0.15) is 11.6 Å². The van der Waals surface area contributed by atoms with Crippen LogP contribution in [0.1, 0.15) is 12.5 Å². The molecule has 0 radical (unpaired) electrons. The number of nitrogens with zero attached hydrogens (tertiary/aromatic N) is 1. The van der Waals surface area contributed by atoms with Gasteiger partial charge >= 0.3 is 6.18 Å². The molecule has 0 bridgehead atoms. The van der Waals surface area contributed by atoms with Gasteiger partial charge in [-0.3, -0.25) is 0 Å². The minimum atomic E-state index is -4.45. The molecule has 21 heavy (non-hydrogen) atoms.